The van der Waals surface area contributed by atoms with Gasteiger partial charge in [0.25, 0.3) is 5.91 Å². The molecule has 0 aromatic carbocycles. The average molecular weight is 251 g/mol. The quantitative estimate of drug-likeness (QED) is 0.861. The molecule has 0 fully saturated rings. The third-order valence-corrected chi connectivity index (χ3v) is 3.29. The van der Waals surface area contributed by atoms with Crippen molar-refractivity contribution in [2.75, 3.05) is 0 Å². The first-order valence-electron chi connectivity index (χ1n) is 5.30. The molecule has 2 aromatic rings. The summed E-state index contributed by atoms with van der Waals surface area (Å²) < 4.78 is 0. The van der Waals surface area contributed by atoms with E-state index in [9.17, 15) is 4.79 Å². The van der Waals surface area contributed by atoms with Crippen molar-refractivity contribution in [3.63, 3.8) is 0 Å². The number of nitrogens with zero attached hydrogens (tertiary/aromatic N) is 3. The molecule has 1 amide bonds. The van der Waals surface area contributed by atoms with Crippen LogP contribution in [0.15, 0.2) is 11.6 Å². The Balaban J connectivity index is 2.10. The van der Waals surface area contributed by atoms with Gasteiger partial charge in [-0.1, -0.05) is 6.92 Å². The van der Waals surface area contributed by atoms with Crippen LogP contribution in [0.1, 0.15) is 40.6 Å². The highest BCUT2D eigenvalue weighted by atomic mass is 32.1. The Morgan fingerprint density at radius 2 is 2.41 bits per heavy atom. The van der Waals surface area contributed by atoms with E-state index in [1.807, 2.05) is 12.3 Å². The highest BCUT2D eigenvalue weighted by Gasteiger charge is 2.19. The molecule has 1 unspecified atom stereocenters. The molecule has 0 saturated carbocycles. The molecule has 0 saturated heterocycles. The smallest absolute Gasteiger partial charge is 0.274 e. The first kappa shape index (κ1) is 11.7. The van der Waals surface area contributed by atoms with Gasteiger partial charge < -0.3 is 5.32 Å². The lowest BCUT2D eigenvalue weighted by atomic mass is 10.2. The van der Waals surface area contributed by atoms with E-state index in [2.05, 4.69) is 25.7 Å². The minimum absolute atomic E-state index is 0.0707. The van der Waals surface area contributed by atoms with Crippen LogP contribution in [0.2, 0.25) is 0 Å². The maximum absolute atomic E-state index is 11.9. The summed E-state index contributed by atoms with van der Waals surface area (Å²) in [4.78, 5) is 16.1. The molecule has 6 nitrogen and oxygen atoms in total. The molecule has 2 heterocycles. The van der Waals surface area contributed by atoms with E-state index in [1.54, 1.807) is 13.1 Å². The molecule has 0 radical (unpaired) electrons. The highest BCUT2D eigenvalue weighted by molar-refractivity contribution is 7.09. The van der Waals surface area contributed by atoms with Gasteiger partial charge in [-0.2, -0.15) is 15.4 Å². The zero-order valence-corrected chi connectivity index (χ0v) is 10.4. The summed E-state index contributed by atoms with van der Waals surface area (Å²) in [5, 5.41) is 15.8. The molecular weight excluding hydrogens is 238 g/mol. The van der Waals surface area contributed by atoms with Gasteiger partial charge in [-0.3, -0.25) is 4.79 Å². The van der Waals surface area contributed by atoms with Gasteiger partial charge in [0.1, 0.15) is 5.01 Å². The van der Waals surface area contributed by atoms with Crippen molar-refractivity contribution in [1.29, 1.82) is 0 Å². The Hall–Kier alpha value is -1.76. The minimum atomic E-state index is -0.224. The summed E-state index contributed by atoms with van der Waals surface area (Å²) in [7, 11) is 0. The van der Waals surface area contributed by atoms with Gasteiger partial charge in [0.15, 0.2) is 5.69 Å². The first-order chi connectivity index (χ1) is 8.22. The molecule has 2 rings (SSSR count). The topological polar surface area (TPSA) is 83.6 Å². The largest absolute Gasteiger partial charge is 0.341 e. The number of carbonyl (C=O) groups excluding carboxylic acids is 1. The van der Waals surface area contributed by atoms with Crippen molar-refractivity contribution in [3.8, 4) is 0 Å². The standard InChI is InChI=1S/C10H13N5OS/c1-3-7(10-11-4-5-17-10)12-9(16)8-6(2)13-15-14-8/h4-5,7H,3H2,1-2H3,(H,12,16)(H,13,14,15). The number of aryl methyl sites for hydroxylation is 1. The van der Waals surface area contributed by atoms with Crippen LogP contribution in [0.4, 0.5) is 0 Å². The second-order valence-electron chi connectivity index (χ2n) is 3.56. The van der Waals surface area contributed by atoms with Crippen molar-refractivity contribution >= 4 is 17.2 Å². The number of rotatable bonds is 4. The normalized spacial score (nSPS) is 12.4. The van der Waals surface area contributed by atoms with Crippen LogP contribution in [0.3, 0.4) is 0 Å². The maximum Gasteiger partial charge on any atom is 0.274 e. The van der Waals surface area contributed by atoms with Crippen LogP contribution < -0.4 is 5.32 Å². The van der Waals surface area contributed by atoms with Gasteiger partial charge in [0.05, 0.1) is 11.7 Å². The van der Waals surface area contributed by atoms with Crippen LogP contribution in [0.25, 0.3) is 0 Å². The van der Waals surface area contributed by atoms with E-state index in [4.69, 9.17) is 0 Å². The fraction of sp³-hybridized carbons (Fsp3) is 0.400. The Morgan fingerprint density at radius 1 is 1.59 bits per heavy atom. The van der Waals surface area contributed by atoms with Crippen molar-refractivity contribution in [3.05, 3.63) is 28.0 Å². The Kier molecular flexibility index (Phi) is 3.48. The molecular formula is C10H13N5OS. The van der Waals surface area contributed by atoms with Crippen molar-refractivity contribution < 1.29 is 4.79 Å². The molecule has 7 heteroatoms. The minimum Gasteiger partial charge on any atom is -0.341 e. The molecule has 0 bridgehead atoms. The molecule has 90 valence electrons. The summed E-state index contributed by atoms with van der Waals surface area (Å²) in [6.45, 7) is 3.74. The van der Waals surface area contributed by atoms with E-state index in [-0.39, 0.29) is 11.9 Å². The first-order valence-corrected chi connectivity index (χ1v) is 6.18. The number of nitrogens with one attached hydrogen (secondary N) is 2. The number of H-pyrrole nitrogens is 1. The zero-order valence-electron chi connectivity index (χ0n) is 9.60. The predicted molar refractivity (Wildman–Crippen MR) is 63.7 cm³/mol. The van der Waals surface area contributed by atoms with Crippen LogP contribution in [-0.4, -0.2) is 26.3 Å². The number of carbonyl (C=O) groups is 1. The maximum atomic E-state index is 11.9. The molecule has 17 heavy (non-hydrogen) atoms. The summed E-state index contributed by atoms with van der Waals surface area (Å²) in [5.74, 6) is -0.224. The van der Waals surface area contributed by atoms with Crippen molar-refractivity contribution in [1.82, 2.24) is 25.7 Å². The van der Waals surface area contributed by atoms with Crippen LogP contribution in [0.5, 0.6) is 0 Å². The van der Waals surface area contributed by atoms with Gasteiger partial charge in [-0.15, -0.1) is 11.3 Å². The second kappa shape index (κ2) is 5.05. The van der Waals surface area contributed by atoms with Gasteiger partial charge in [0.2, 0.25) is 0 Å². The lowest BCUT2D eigenvalue weighted by Gasteiger charge is -2.13. The van der Waals surface area contributed by atoms with Crippen LogP contribution >= 0.6 is 11.3 Å². The number of aromatic amines is 1. The number of aromatic nitrogens is 4. The van der Waals surface area contributed by atoms with E-state index < -0.39 is 0 Å². The Labute approximate surface area is 102 Å². The van der Waals surface area contributed by atoms with Gasteiger partial charge in [-0.25, -0.2) is 4.98 Å². The predicted octanol–water partition coefficient (Wildman–Crippen LogP) is 1.45. The molecule has 2 N–H and O–H groups in total. The van der Waals surface area contributed by atoms with Gasteiger partial charge >= 0.3 is 0 Å². The van der Waals surface area contributed by atoms with Gasteiger partial charge in [0, 0.05) is 11.6 Å². The molecule has 0 aliphatic heterocycles. The van der Waals surface area contributed by atoms with E-state index >= 15 is 0 Å². The molecule has 0 aliphatic rings. The fourth-order valence-electron chi connectivity index (χ4n) is 1.47. The Morgan fingerprint density at radius 3 is 2.94 bits per heavy atom. The highest BCUT2D eigenvalue weighted by Crippen LogP contribution is 2.19. The number of amides is 1. The molecule has 0 aliphatic carbocycles. The van der Waals surface area contributed by atoms with Crippen LogP contribution in [0, 0.1) is 6.92 Å². The fourth-order valence-corrected chi connectivity index (χ4v) is 2.24. The Bertz CT molecular complexity index is 493. The third kappa shape index (κ3) is 2.50. The van der Waals surface area contributed by atoms with Crippen LogP contribution in [-0.2, 0) is 0 Å². The molecule has 0 spiro atoms. The zero-order chi connectivity index (χ0) is 12.3. The van der Waals surface area contributed by atoms with Crippen molar-refractivity contribution in [2.45, 2.75) is 26.3 Å². The average Bonchev–Trinajstić information content (AvgIpc) is 2.96. The monoisotopic (exact) mass is 251 g/mol. The summed E-state index contributed by atoms with van der Waals surface area (Å²) in [6, 6.07) is -0.0707. The van der Waals surface area contributed by atoms with E-state index in [0.29, 0.717) is 11.4 Å². The number of hydrogen-bond acceptors (Lipinski definition) is 5. The third-order valence-electron chi connectivity index (χ3n) is 2.40. The molecule has 1 atom stereocenters. The van der Waals surface area contributed by atoms with E-state index in [0.717, 1.165) is 11.4 Å². The summed E-state index contributed by atoms with van der Waals surface area (Å²) >= 11 is 1.53. The summed E-state index contributed by atoms with van der Waals surface area (Å²) in [5.41, 5.74) is 0.927. The lowest BCUT2D eigenvalue weighted by molar-refractivity contribution is 0.0929. The lowest BCUT2D eigenvalue weighted by Crippen LogP contribution is -2.28. The molecule has 2 aromatic heterocycles. The van der Waals surface area contributed by atoms with Crippen molar-refractivity contribution in [2.24, 2.45) is 0 Å². The number of thiazole rings is 1. The number of hydrogen-bond donors (Lipinski definition) is 2. The second-order valence-corrected chi connectivity index (χ2v) is 4.49. The van der Waals surface area contributed by atoms with E-state index in [1.165, 1.54) is 11.3 Å². The SMILES string of the molecule is CCC(NC(=O)c1n[nH]nc1C)c1nccs1. The van der Waals surface area contributed by atoms with Gasteiger partial charge in [-0.05, 0) is 13.3 Å². The summed E-state index contributed by atoms with van der Waals surface area (Å²) in [6.07, 6.45) is 2.52.